The number of carbonyl (C=O) groups excluding carboxylic acids is 3. The summed E-state index contributed by atoms with van der Waals surface area (Å²) in [5.74, 6) is -1.31. The lowest BCUT2D eigenvalue weighted by Gasteiger charge is -2.07. The molecule has 0 radical (unpaired) electrons. The average Bonchev–Trinajstić information content (AvgIpc) is 2.99. The van der Waals surface area contributed by atoms with Crippen molar-refractivity contribution >= 4 is 39.4 Å². The van der Waals surface area contributed by atoms with Gasteiger partial charge in [-0.1, -0.05) is 0 Å². The van der Waals surface area contributed by atoms with Crippen molar-refractivity contribution in [2.24, 2.45) is 0 Å². The molecule has 0 aliphatic rings. The van der Waals surface area contributed by atoms with Crippen molar-refractivity contribution in [2.75, 3.05) is 19.0 Å². The molecule has 0 saturated heterocycles. The second-order valence-electron chi connectivity index (χ2n) is 4.51. The maximum atomic E-state index is 11.7. The number of carbonyl (C=O) groups is 3. The molecular weight excluding hydrogens is 366 g/mol. The molecule has 2 amide bonds. The van der Waals surface area contributed by atoms with Crippen molar-refractivity contribution in [1.82, 2.24) is 10.3 Å². The van der Waals surface area contributed by atoms with Crippen molar-refractivity contribution in [3.8, 4) is 0 Å². The number of halogens is 1. The number of aromatic nitrogens is 1. The summed E-state index contributed by atoms with van der Waals surface area (Å²) < 4.78 is 5.60. The number of H-pyrrole nitrogens is 1. The van der Waals surface area contributed by atoms with Gasteiger partial charge in [-0.25, -0.2) is 4.79 Å². The lowest BCUT2D eigenvalue weighted by molar-refractivity contribution is -0.119. The Labute approximate surface area is 140 Å². The minimum absolute atomic E-state index is 0.214. The largest absolute Gasteiger partial charge is 0.451 e. The molecule has 2 aromatic rings. The molecule has 1 heterocycles. The zero-order chi connectivity index (χ0) is 16.8. The van der Waals surface area contributed by atoms with Crippen molar-refractivity contribution in [1.29, 1.82) is 0 Å². The first-order valence-electron chi connectivity index (χ1n) is 6.62. The van der Waals surface area contributed by atoms with Crippen LogP contribution in [0.25, 0.3) is 0 Å². The molecule has 0 saturated carbocycles. The van der Waals surface area contributed by atoms with E-state index in [4.69, 9.17) is 4.74 Å². The summed E-state index contributed by atoms with van der Waals surface area (Å²) in [7, 11) is 1.54. The fourth-order valence-corrected chi connectivity index (χ4v) is 2.08. The van der Waals surface area contributed by atoms with Crippen LogP contribution in [-0.2, 0) is 9.53 Å². The van der Waals surface area contributed by atoms with Gasteiger partial charge in [0.05, 0.1) is 0 Å². The van der Waals surface area contributed by atoms with E-state index >= 15 is 0 Å². The second kappa shape index (κ2) is 7.59. The van der Waals surface area contributed by atoms with E-state index in [0.717, 1.165) is 0 Å². The molecule has 1 aromatic carbocycles. The molecule has 0 aliphatic carbocycles. The third kappa shape index (κ3) is 4.68. The summed E-state index contributed by atoms with van der Waals surface area (Å²) in [5, 5.41) is 5.07. The van der Waals surface area contributed by atoms with Crippen molar-refractivity contribution < 1.29 is 19.1 Å². The first-order valence-corrected chi connectivity index (χ1v) is 7.42. The Hall–Kier alpha value is -2.61. The number of ether oxygens (including phenoxy) is 1. The van der Waals surface area contributed by atoms with E-state index in [1.54, 1.807) is 36.5 Å². The summed E-state index contributed by atoms with van der Waals surface area (Å²) in [6.45, 7) is -0.410. The normalized spacial score (nSPS) is 10.0. The Balaban J connectivity index is 1.85. The highest BCUT2D eigenvalue weighted by atomic mass is 79.9. The van der Waals surface area contributed by atoms with E-state index in [-0.39, 0.29) is 11.6 Å². The fraction of sp³-hybridized carbons (Fsp3) is 0.133. The van der Waals surface area contributed by atoms with E-state index in [0.29, 0.717) is 15.7 Å². The van der Waals surface area contributed by atoms with E-state index < -0.39 is 18.5 Å². The van der Waals surface area contributed by atoms with Gasteiger partial charge in [-0.2, -0.15) is 0 Å². The maximum Gasteiger partial charge on any atom is 0.355 e. The van der Waals surface area contributed by atoms with Gasteiger partial charge in [-0.15, -0.1) is 0 Å². The van der Waals surface area contributed by atoms with Gasteiger partial charge in [0.15, 0.2) is 6.61 Å². The lowest BCUT2D eigenvalue weighted by Crippen LogP contribution is -2.21. The molecule has 0 unspecified atom stereocenters. The van der Waals surface area contributed by atoms with E-state index in [2.05, 4.69) is 31.5 Å². The van der Waals surface area contributed by atoms with Gasteiger partial charge in [-0.05, 0) is 46.3 Å². The van der Waals surface area contributed by atoms with Gasteiger partial charge in [0.25, 0.3) is 11.8 Å². The number of esters is 1. The summed E-state index contributed by atoms with van der Waals surface area (Å²) in [4.78, 5) is 37.5. The Morgan fingerprint density at radius 1 is 1.22 bits per heavy atom. The minimum atomic E-state index is -0.624. The molecule has 120 valence electrons. The highest BCUT2D eigenvalue weighted by molar-refractivity contribution is 9.10. The molecule has 0 fully saturated rings. The Kier molecular flexibility index (Phi) is 5.53. The van der Waals surface area contributed by atoms with Crippen LogP contribution in [0.3, 0.4) is 0 Å². The van der Waals surface area contributed by atoms with Crippen LogP contribution in [0.15, 0.2) is 41.0 Å². The number of amides is 2. The van der Waals surface area contributed by atoms with Gasteiger partial charge < -0.3 is 20.4 Å². The summed E-state index contributed by atoms with van der Waals surface area (Å²) in [6.07, 6.45) is 1.59. The van der Waals surface area contributed by atoms with Crippen molar-refractivity contribution in [3.63, 3.8) is 0 Å². The van der Waals surface area contributed by atoms with E-state index in [9.17, 15) is 14.4 Å². The van der Waals surface area contributed by atoms with Crippen molar-refractivity contribution in [3.05, 3.63) is 52.3 Å². The van der Waals surface area contributed by atoms with Crippen LogP contribution in [0.2, 0.25) is 0 Å². The topological polar surface area (TPSA) is 100 Å². The molecule has 0 bridgehead atoms. The predicted octanol–water partition coefficient (Wildman–Crippen LogP) is 1.93. The first kappa shape index (κ1) is 16.8. The molecule has 7 nitrogen and oxygen atoms in total. The summed E-state index contributed by atoms with van der Waals surface area (Å²) >= 11 is 3.20. The summed E-state index contributed by atoms with van der Waals surface area (Å²) in [6, 6.07) is 7.89. The van der Waals surface area contributed by atoms with Crippen LogP contribution in [0, 0.1) is 0 Å². The SMILES string of the molecule is CNC(=O)c1ccc(NC(=O)COC(=O)c2cc(Br)c[nH]2)cc1. The number of nitrogens with one attached hydrogen (secondary N) is 3. The Morgan fingerprint density at radius 2 is 1.91 bits per heavy atom. The maximum absolute atomic E-state index is 11.7. The molecule has 1 aromatic heterocycles. The zero-order valence-corrected chi connectivity index (χ0v) is 13.8. The number of anilines is 1. The highest BCUT2D eigenvalue weighted by Crippen LogP contribution is 2.12. The number of aromatic amines is 1. The third-order valence-corrected chi connectivity index (χ3v) is 3.32. The highest BCUT2D eigenvalue weighted by Gasteiger charge is 2.12. The minimum Gasteiger partial charge on any atom is -0.451 e. The van der Waals surface area contributed by atoms with Crippen LogP contribution < -0.4 is 10.6 Å². The number of rotatable bonds is 5. The molecule has 2 rings (SSSR count). The van der Waals surface area contributed by atoms with Crippen molar-refractivity contribution in [2.45, 2.75) is 0 Å². The fourth-order valence-electron chi connectivity index (χ4n) is 1.74. The second-order valence-corrected chi connectivity index (χ2v) is 5.43. The zero-order valence-electron chi connectivity index (χ0n) is 12.2. The van der Waals surface area contributed by atoms with Gasteiger partial charge in [0, 0.05) is 29.0 Å². The predicted molar refractivity (Wildman–Crippen MR) is 87.2 cm³/mol. The van der Waals surface area contributed by atoms with Crippen LogP contribution >= 0.6 is 15.9 Å². The molecule has 8 heteroatoms. The quantitative estimate of drug-likeness (QED) is 0.690. The first-order chi connectivity index (χ1) is 11.0. The molecule has 0 spiro atoms. The van der Waals surface area contributed by atoms with Gasteiger partial charge >= 0.3 is 5.97 Å². The standard InChI is InChI=1S/C15H14BrN3O4/c1-17-14(21)9-2-4-11(5-3-9)19-13(20)8-23-15(22)12-6-10(16)7-18-12/h2-7,18H,8H2,1H3,(H,17,21)(H,19,20). The van der Waals surface area contributed by atoms with Gasteiger partial charge in [-0.3, -0.25) is 9.59 Å². The Bertz CT molecular complexity index is 725. The Morgan fingerprint density at radius 3 is 2.48 bits per heavy atom. The monoisotopic (exact) mass is 379 g/mol. The number of benzene rings is 1. The van der Waals surface area contributed by atoms with E-state index in [1.165, 1.54) is 7.05 Å². The number of hydrogen-bond donors (Lipinski definition) is 3. The smallest absolute Gasteiger partial charge is 0.355 e. The van der Waals surface area contributed by atoms with Crippen LogP contribution in [-0.4, -0.2) is 36.4 Å². The average molecular weight is 380 g/mol. The molecule has 23 heavy (non-hydrogen) atoms. The molecule has 0 atom stereocenters. The lowest BCUT2D eigenvalue weighted by atomic mass is 10.2. The summed E-state index contributed by atoms with van der Waals surface area (Å²) in [5.41, 5.74) is 1.23. The van der Waals surface area contributed by atoms with Crippen LogP contribution in [0.1, 0.15) is 20.8 Å². The van der Waals surface area contributed by atoms with Gasteiger partial charge in [0.1, 0.15) is 5.69 Å². The third-order valence-electron chi connectivity index (χ3n) is 2.86. The molecule has 3 N–H and O–H groups in total. The van der Waals surface area contributed by atoms with Crippen LogP contribution in [0.5, 0.6) is 0 Å². The molecular formula is C15H14BrN3O4. The van der Waals surface area contributed by atoms with E-state index in [1.807, 2.05) is 0 Å². The number of hydrogen-bond acceptors (Lipinski definition) is 4. The van der Waals surface area contributed by atoms with Gasteiger partial charge in [0.2, 0.25) is 0 Å². The molecule has 0 aliphatic heterocycles. The van der Waals surface area contributed by atoms with Crippen LogP contribution in [0.4, 0.5) is 5.69 Å².